The summed E-state index contributed by atoms with van der Waals surface area (Å²) in [5.74, 6) is -2.99. The number of alkyl halides is 3. The first-order valence-electron chi connectivity index (χ1n) is 7.86. The summed E-state index contributed by atoms with van der Waals surface area (Å²) in [4.78, 5) is 24.9. The average molecular weight is 443 g/mol. The lowest BCUT2D eigenvalue weighted by Crippen LogP contribution is -2.72. The number of aliphatic hydroxyl groups is 1. The second kappa shape index (κ2) is 6.97. The molecule has 0 bridgehead atoms. The number of carbonyl (C=O) groups is 2. The Morgan fingerprint density at radius 2 is 1.78 bits per heavy atom. The summed E-state index contributed by atoms with van der Waals surface area (Å²) in [5.41, 5.74) is -3.49. The number of carbonyl (C=O) groups excluding carboxylic acids is 2. The topological polar surface area (TPSA) is 78.4 Å². The van der Waals surface area contributed by atoms with E-state index in [-0.39, 0.29) is 11.1 Å². The summed E-state index contributed by atoms with van der Waals surface area (Å²) in [6.45, 7) is 0. The van der Waals surface area contributed by atoms with Crippen LogP contribution in [0, 0.1) is 5.92 Å². The van der Waals surface area contributed by atoms with Crippen LogP contribution in [0.1, 0.15) is 22.0 Å². The van der Waals surface area contributed by atoms with E-state index in [0.717, 1.165) is 0 Å². The van der Waals surface area contributed by atoms with Crippen LogP contribution in [0.3, 0.4) is 0 Å². The van der Waals surface area contributed by atoms with Crippen molar-refractivity contribution in [1.29, 1.82) is 0 Å². The number of ketones is 1. The van der Waals surface area contributed by atoms with Crippen LogP contribution in [0.4, 0.5) is 18.0 Å². The number of Topliss-reactive ketones (excluding diaryl/α,β-unsaturated/α-hetero) is 1. The minimum absolute atomic E-state index is 0.0110. The fourth-order valence-electron chi connectivity index (χ4n) is 3.10. The summed E-state index contributed by atoms with van der Waals surface area (Å²) < 4.78 is 41.8. The van der Waals surface area contributed by atoms with Crippen molar-refractivity contribution >= 4 is 27.7 Å². The number of rotatable bonds is 3. The molecule has 0 saturated carbocycles. The quantitative estimate of drug-likeness (QED) is 0.636. The Kier molecular flexibility index (Phi) is 5.00. The molecule has 3 N–H and O–H groups in total. The molecule has 2 amide bonds. The van der Waals surface area contributed by atoms with E-state index >= 15 is 0 Å². The van der Waals surface area contributed by atoms with E-state index in [1.54, 1.807) is 18.2 Å². The summed E-state index contributed by atoms with van der Waals surface area (Å²) in [5, 5.41) is 14.3. The van der Waals surface area contributed by atoms with Gasteiger partial charge in [0.05, 0.1) is 6.04 Å². The van der Waals surface area contributed by atoms with Crippen LogP contribution in [0.2, 0.25) is 0 Å². The number of nitrogens with one attached hydrogen (secondary N) is 2. The third-order valence-electron chi connectivity index (χ3n) is 4.35. The highest BCUT2D eigenvalue weighted by molar-refractivity contribution is 9.10. The minimum atomic E-state index is -5.27. The zero-order valence-corrected chi connectivity index (χ0v) is 15.2. The second-order valence-corrected chi connectivity index (χ2v) is 7.02. The zero-order valence-electron chi connectivity index (χ0n) is 13.6. The molecule has 5 nitrogen and oxygen atoms in total. The number of hydrogen-bond donors (Lipinski definition) is 3. The van der Waals surface area contributed by atoms with E-state index in [2.05, 4.69) is 21.2 Å². The van der Waals surface area contributed by atoms with Gasteiger partial charge in [0.1, 0.15) is 5.92 Å². The molecule has 2 aromatic rings. The molecule has 0 radical (unpaired) electrons. The lowest BCUT2D eigenvalue weighted by Gasteiger charge is -2.45. The summed E-state index contributed by atoms with van der Waals surface area (Å²) in [6, 6.07) is 10.9. The van der Waals surface area contributed by atoms with Gasteiger partial charge in [-0.2, -0.15) is 13.2 Å². The van der Waals surface area contributed by atoms with Gasteiger partial charge >= 0.3 is 12.2 Å². The Morgan fingerprint density at radius 1 is 1.11 bits per heavy atom. The second-order valence-electron chi connectivity index (χ2n) is 6.10. The van der Waals surface area contributed by atoms with Crippen LogP contribution in [0.25, 0.3) is 0 Å². The molecule has 1 fully saturated rings. The highest BCUT2D eigenvalue weighted by Gasteiger charge is 2.66. The molecule has 1 heterocycles. The zero-order chi connectivity index (χ0) is 19.8. The van der Waals surface area contributed by atoms with Gasteiger partial charge in [-0.1, -0.05) is 58.4 Å². The Hall–Kier alpha value is -2.39. The SMILES string of the molecule is O=C1N[C@H](c2cccc(Br)c2)[C@@H](C(=O)c2ccccc2)[C@@](O)(C(F)(F)F)N1. The highest BCUT2D eigenvalue weighted by Crippen LogP contribution is 2.44. The maximum atomic E-state index is 13.7. The predicted octanol–water partition coefficient (Wildman–Crippen LogP) is 3.55. The number of benzene rings is 2. The van der Waals surface area contributed by atoms with Gasteiger partial charge in [-0.05, 0) is 17.7 Å². The Bertz CT molecular complexity index is 876. The highest BCUT2D eigenvalue weighted by atomic mass is 79.9. The standard InChI is InChI=1S/C18H14BrF3N2O3/c19-12-8-4-7-11(9-12)14-13(15(25)10-5-2-1-3-6-10)17(27,18(20,21)22)24-16(26)23-14/h1-9,13-14,27H,(H2,23,24,26)/t13-,14+,17+/m0/s1. The number of hydrogen-bond acceptors (Lipinski definition) is 3. The molecule has 9 heteroatoms. The van der Waals surface area contributed by atoms with Gasteiger partial charge in [0.15, 0.2) is 5.78 Å². The molecule has 1 aliphatic rings. The Labute approximate surface area is 160 Å². The van der Waals surface area contributed by atoms with Crippen LogP contribution < -0.4 is 10.6 Å². The van der Waals surface area contributed by atoms with Gasteiger partial charge in [0.2, 0.25) is 5.72 Å². The largest absolute Gasteiger partial charge is 0.437 e. The maximum Gasteiger partial charge on any atom is 0.437 e. The van der Waals surface area contributed by atoms with Crippen LogP contribution in [-0.4, -0.2) is 28.8 Å². The first kappa shape index (κ1) is 19.4. The van der Waals surface area contributed by atoms with Crippen molar-refractivity contribution < 1.29 is 27.9 Å². The molecule has 1 aliphatic heterocycles. The van der Waals surface area contributed by atoms with Gasteiger partial charge in [0.25, 0.3) is 0 Å². The molecule has 0 unspecified atom stereocenters. The molecule has 27 heavy (non-hydrogen) atoms. The van der Waals surface area contributed by atoms with E-state index < -0.39 is 35.7 Å². The van der Waals surface area contributed by atoms with Crippen molar-refractivity contribution in [2.75, 3.05) is 0 Å². The fraction of sp³-hybridized carbons (Fsp3) is 0.222. The monoisotopic (exact) mass is 442 g/mol. The molecule has 142 valence electrons. The van der Waals surface area contributed by atoms with Crippen LogP contribution in [0.15, 0.2) is 59.1 Å². The molecule has 0 spiro atoms. The predicted molar refractivity (Wildman–Crippen MR) is 93.8 cm³/mol. The molecular formula is C18H14BrF3N2O3. The molecule has 2 aromatic carbocycles. The van der Waals surface area contributed by atoms with Crippen LogP contribution >= 0.6 is 15.9 Å². The van der Waals surface area contributed by atoms with Gasteiger partial charge < -0.3 is 15.7 Å². The average Bonchev–Trinajstić information content (AvgIpc) is 2.60. The summed E-state index contributed by atoms with van der Waals surface area (Å²) >= 11 is 3.22. The normalized spacial score (nSPS) is 25.4. The van der Waals surface area contributed by atoms with Crippen molar-refractivity contribution in [3.8, 4) is 0 Å². The minimum Gasteiger partial charge on any atom is -0.363 e. The lowest BCUT2D eigenvalue weighted by molar-refractivity contribution is -0.287. The third-order valence-corrected chi connectivity index (χ3v) is 4.85. The lowest BCUT2D eigenvalue weighted by atomic mass is 9.77. The smallest absolute Gasteiger partial charge is 0.363 e. The van der Waals surface area contributed by atoms with Crippen molar-refractivity contribution in [2.45, 2.75) is 17.9 Å². The van der Waals surface area contributed by atoms with Gasteiger partial charge in [0, 0.05) is 10.0 Å². The molecule has 1 saturated heterocycles. The van der Waals surface area contributed by atoms with Gasteiger partial charge in [-0.15, -0.1) is 0 Å². The Morgan fingerprint density at radius 3 is 2.37 bits per heavy atom. The van der Waals surface area contributed by atoms with Gasteiger partial charge in [-0.3, -0.25) is 4.79 Å². The van der Waals surface area contributed by atoms with Crippen LogP contribution in [-0.2, 0) is 0 Å². The fourth-order valence-corrected chi connectivity index (χ4v) is 3.52. The number of amides is 2. The van der Waals surface area contributed by atoms with Crippen LogP contribution in [0.5, 0.6) is 0 Å². The number of halogens is 4. The van der Waals surface area contributed by atoms with Crippen molar-refractivity contribution in [2.24, 2.45) is 5.92 Å². The molecule has 0 aromatic heterocycles. The number of urea groups is 1. The Balaban J connectivity index is 2.17. The van der Waals surface area contributed by atoms with Crippen molar-refractivity contribution in [3.63, 3.8) is 0 Å². The molecule has 3 atom stereocenters. The first-order chi connectivity index (χ1) is 12.6. The maximum absolute atomic E-state index is 13.7. The molecule has 3 rings (SSSR count). The first-order valence-corrected chi connectivity index (χ1v) is 8.65. The van der Waals surface area contributed by atoms with Crippen molar-refractivity contribution in [3.05, 3.63) is 70.2 Å². The van der Waals surface area contributed by atoms with Gasteiger partial charge in [-0.25, -0.2) is 4.79 Å². The van der Waals surface area contributed by atoms with E-state index in [9.17, 15) is 27.9 Å². The van der Waals surface area contributed by atoms with E-state index in [1.807, 2.05) is 0 Å². The molecule has 0 aliphatic carbocycles. The third kappa shape index (κ3) is 3.57. The van der Waals surface area contributed by atoms with E-state index in [4.69, 9.17) is 0 Å². The summed E-state index contributed by atoms with van der Waals surface area (Å²) in [6.07, 6.45) is -5.27. The van der Waals surface area contributed by atoms with E-state index in [0.29, 0.717) is 4.47 Å². The van der Waals surface area contributed by atoms with E-state index in [1.165, 1.54) is 41.7 Å². The summed E-state index contributed by atoms with van der Waals surface area (Å²) in [7, 11) is 0. The molecular weight excluding hydrogens is 429 g/mol. The van der Waals surface area contributed by atoms with Crippen molar-refractivity contribution in [1.82, 2.24) is 10.6 Å².